The minimum Gasteiger partial charge on any atom is -0.380 e. The molecule has 1 rings (SSSR count). The maximum atomic E-state index is 11.6. The van der Waals surface area contributed by atoms with Crippen molar-refractivity contribution in [2.45, 2.75) is 19.1 Å². The zero-order chi connectivity index (χ0) is 11.3. The van der Waals surface area contributed by atoms with Crippen LogP contribution >= 0.6 is 0 Å². The molecule has 1 fully saturated rings. The van der Waals surface area contributed by atoms with Gasteiger partial charge in [-0.25, -0.2) is 0 Å². The average molecular weight is 215 g/mol. The minimum absolute atomic E-state index is 0.0682. The number of carbonyl (C=O) groups excluding carboxylic acids is 1. The lowest BCUT2D eigenvalue weighted by atomic mass is 10.1. The van der Waals surface area contributed by atoms with Gasteiger partial charge >= 0.3 is 0 Å². The van der Waals surface area contributed by atoms with E-state index in [-0.39, 0.29) is 18.1 Å². The van der Waals surface area contributed by atoms with E-state index in [2.05, 4.69) is 15.5 Å². The molecule has 0 spiro atoms. The molecule has 0 aromatic carbocycles. The predicted molar refractivity (Wildman–Crippen MR) is 58.8 cm³/mol. The fraction of sp³-hybridized carbons (Fsp3) is 0.900. The smallest absolute Gasteiger partial charge is 0.238 e. The third-order valence-corrected chi connectivity index (χ3v) is 2.80. The van der Waals surface area contributed by atoms with E-state index in [1.165, 1.54) is 0 Å². The molecule has 1 aliphatic rings. The van der Waals surface area contributed by atoms with E-state index in [1.54, 1.807) is 14.2 Å². The fourth-order valence-corrected chi connectivity index (χ4v) is 1.79. The number of methoxy groups -OCH3 is 1. The van der Waals surface area contributed by atoms with Crippen molar-refractivity contribution in [1.82, 2.24) is 15.5 Å². The highest BCUT2D eigenvalue weighted by atomic mass is 16.5. The Morgan fingerprint density at radius 1 is 1.73 bits per heavy atom. The van der Waals surface area contributed by atoms with Crippen molar-refractivity contribution in [2.24, 2.45) is 0 Å². The number of rotatable bonds is 4. The molecule has 5 heteroatoms. The second-order valence-electron chi connectivity index (χ2n) is 3.88. The van der Waals surface area contributed by atoms with Gasteiger partial charge in [-0.05, 0) is 6.92 Å². The third-order valence-electron chi connectivity index (χ3n) is 2.80. The molecule has 1 amide bonds. The number of hydrogen-bond acceptors (Lipinski definition) is 4. The molecule has 5 nitrogen and oxygen atoms in total. The molecule has 0 saturated carbocycles. The van der Waals surface area contributed by atoms with Crippen LogP contribution in [0, 0.1) is 0 Å². The molecule has 15 heavy (non-hydrogen) atoms. The number of carbonyl (C=O) groups is 1. The predicted octanol–water partition coefficient (Wildman–Crippen LogP) is -0.959. The van der Waals surface area contributed by atoms with Crippen molar-refractivity contribution in [3.63, 3.8) is 0 Å². The van der Waals surface area contributed by atoms with Gasteiger partial charge in [-0.2, -0.15) is 0 Å². The summed E-state index contributed by atoms with van der Waals surface area (Å²) in [5.41, 5.74) is 0. The SMILES string of the molecule is CNC(=O)C1CNCCN1CC(C)OC. The van der Waals surface area contributed by atoms with E-state index >= 15 is 0 Å². The van der Waals surface area contributed by atoms with Crippen LogP contribution in [-0.4, -0.2) is 63.3 Å². The quantitative estimate of drug-likeness (QED) is 0.634. The van der Waals surface area contributed by atoms with Crippen LogP contribution in [0.1, 0.15) is 6.92 Å². The summed E-state index contributed by atoms with van der Waals surface area (Å²) < 4.78 is 5.22. The molecule has 0 aromatic heterocycles. The Balaban J connectivity index is 2.53. The van der Waals surface area contributed by atoms with Gasteiger partial charge in [-0.3, -0.25) is 9.69 Å². The number of likely N-dealkylation sites (N-methyl/N-ethyl adjacent to an activating group) is 1. The van der Waals surface area contributed by atoms with Crippen LogP contribution in [0.4, 0.5) is 0 Å². The molecule has 0 aromatic rings. The zero-order valence-electron chi connectivity index (χ0n) is 9.75. The molecule has 88 valence electrons. The zero-order valence-corrected chi connectivity index (χ0v) is 9.75. The molecule has 2 unspecified atom stereocenters. The Morgan fingerprint density at radius 2 is 2.47 bits per heavy atom. The lowest BCUT2D eigenvalue weighted by Crippen LogP contribution is -2.58. The number of ether oxygens (including phenoxy) is 1. The van der Waals surface area contributed by atoms with Gasteiger partial charge in [0, 0.05) is 40.3 Å². The first-order chi connectivity index (χ1) is 7.19. The van der Waals surface area contributed by atoms with Crippen LogP contribution < -0.4 is 10.6 Å². The van der Waals surface area contributed by atoms with Crippen molar-refractivity contribution < 1.29 is 9.53 Å². The van der Waals surface area contributed by atoms with Gasteiger partial charge in [0.2, 0.25) is 5.91 Å². The molecular weight excluding hydrogens is 194 g/mol. The molecule has 2 N–H and O–H groups in total. The first kappa shape index (κ1) is 12.4. The van der Waals surface area contributed by atoms with Crippen molar-refractivity contribution in [3.8, 4) is 0 Å². The molecular formula is C10H21N3O2. The van der Waals surface area contributed by atoms with Crippen LogP contribution in [0.25, 0.3) is 0 Å². The van der Waals surface area contributed by atoms with Gasteiger partial charge in [0.25, 0.3) is 0 Å². The maximum Gasteiger partial charge on any atom is 0.238 e. The Morgan fingerprint density at radius 3 is 3.07 bits per heavy atom. The summed E-state index contributed by atoms with van der Waals surface area (Å²) in [7, 11) is 3.37. The van der Waals surface area contributed by atoms with E-state index in [1.807, 2.05) is 6.92 Å². The summed E-state index contributed by atoms with van der Waals surface area (Å²) in [6.45, 7) is 5.37. The highest BCUT2D eigenvalue weighted by Gasteiger charge is 2.28. The van der Waals surface area contributed by atoms with Crippen LogP contribution in [0.3, 0.4) is 0 Å². The van der Waals surface area contributed by atoms with E-state index in [0.29, 0.717) is 0 Å². The number of hydrogen-bond donors (Lipinski definition) is 2. The number of nitrogens with one attached hydrogen (secondary N) is 2. The highest BCUT2D eigenvalue weighted by Crippen LogP contribution is 2.05. The van der Waals surface area contributed by atoms with E-state index in [0.717, 1.165) is 26.2 Å². The van der Waals surface area contributed by atoms with Gasteiger partial charge < -0.3 is 15.4 Å². The first-order valence-corrected chi connectivity index (χ1v) is 5.38. The molecule has 1 saturated heterocycles. The van der Waals surface area contributed by atoms with Gasteiger partial charge in [0.1, 0.15) is 6.04 Å². The van der Waals surface area contributed by atoms with Gasteiger partial charge in [0.05, 0.1) is 6.10 Å². The Labute approximate surface area is 91.2 Å². The topological polar surface area (TPSA) is 53.6 Å². The van der Waals surface area contributed by atoms with Crippen molar-refractivity contribution >= 4 is 5.91 Å². The fourth-order valence-electron chi connectivity index (χ4n) is 1.79. The van der Waals surface area contributed by atoms with Gasteiger partial charge in [-0.15, -0.1) is 0 Å². The van der Waals surface area contributed by atoms with E-state index < -0.39 is 0 Å². The molecule has 1 aliphatic heterocycles. The standard InChI is InChI=1S/C10H21N3O2/c1-8(15-3)7-13-5-4-12-6-9(13)10(14)11-2/h8-9,12H,4-7H2,1-3H3,(H,11,14). The summed E-state index contributed by atoms with van der Waals surface area (Å²) in [6, 6.07) is -0.0682. The van der Waals surface area contributed by atoms with Crippen LogP contribution in [0.2, 0.25) is 0 Å². The highest BCUT2D eigenvalue weighted by molar-refractivity contribution is 5.81. The summed E-state index contributed by atoms with van der Waals surface area (Å²) in [5, 5.41) is 5.92. The maximum absolute atomic E-state index is 11.6. The molecule has 0 aliphatic carbocycles. The monoisotopic (exact) mass is 215 g/mol. The Kier molecular flexibility index (Phi) is 5.01. The summed E-state index contributed by atoms with van der Waals surface area (Å²) in [4.78, 5) is 13.8. The van der Waals surface area contributed by atoms with Crippen molar-refractivity contribution in [3.05, 3.63) is 0 Å². The summed E-state index contributed by atoms with van der Waals surface area (Å²) in [6.07, 6.45) is 0.162. The van der Waals surface area contributed by atoms with Crippen molar-refractivity contribution in [1.29, 1.82) is 0 Å². The number of amides is 1. The van der Waals surface area contributed by atoms with E-state index in [9.17, 15) is 4.79 Å². The molecule has 2 atom stereocenters. The lowest BCUT2D eigenvalue weighted by Gasteiger charge is -2.36. The molecule has 1 heterocycles. The molecule has 0 radical (unpaired) electrons. The van der Waals surface area contributed by atoms with Gasteiger partial charge in [-0.1, -0.05) is 0 Å². The van der Waals surface area contributed by atoms with Crippen molar-refractivity contribution in [2.75, 3.05) is 40.3 Å². The van der Waals surface area contributed by atoms with Crippen LogP contribution in [0.15, 0.2) is 0 Å². The third kappa shape index (κ3) is 3.44. The first-order valence-electron chi connectivity index (χ1n) is 5.38. The second-order valence-corrected chi connectivity index (χ2v) is 3.88. The number of piperazine rings is 1. The molecule has 0 bridgehead atoms. The normalized spacial score (nSPS) is 24.9. The largest absolute Gasteiger partial charge is 0.380 e. The Hall–Kier alpha value is -0.650. The minimum atomic E-state index is -0.0682. The van der Waals surface area contributed by atoms with Crippen LogP contribution in [-0.2, 0) is 9.53 Å². The Bertz CT molecular complexity index is 211. The summed E-state index contributed by atoms with van der Waals surface area (Å²) in [5.74, 6) is 0.0745. The van der Waals surface area contributed by atoms with Gasteiger partial charge in [0.15, 0.2) is 0 Å². The second kappa shape index (κ2) is 6.05. The van der Waals surface area contributed by atoms with Crippen LogP contribution in [0.5, 0.6) is 0 Å². The van der Waals surface area contributed by atoms with E-state index in [4.69, 9.17) is 4.74 Å². The average Bonchev–Trinajstić information content (AvgIpc) is 2.28. The lowest BCUT2D eigenvalue weighted by molar-refractivity contribution is -0.127. The number of nitrogens with zero attached hydrogens (tertiary/aromatic N) is 1. The summed E-state index contributed by atoms with van der Waals surface area (Å²) >= 11 is 0.